The zero-order chi connectivity index (χ0) is 14.8. The van der Waals surface area contributed by atoms with E-state index in [0.717, 1.165) is 4.90 Å². The van der Waals surface area contributed by atoms with Gasteiger partial charge in [0.05, 0.1) is 12.5 Å². The summed E-state index contributed by atoms with van der Waals surface area (Å²) in [7, 11) is 0. The number of carboxylic acid groups (broad SMARTS) is 1. The molecule has 110 valence electrons. The number of carbonyl (C=O) groups excluding carboxylic acids is 1. The van der Waals surface area contributed by atoms with Crippen LogP contribution in [0.1, 0.15) is 19.8 Å². The first-order valence-electron chi connectivity index (χ1n) is 5.65. The Morgan fingerprint density at radius 1 is 1.47 bits per heavy atom. The second-order valence-electron chi connectivity index (χ2n) is 4.57. The van der Waals surface area contributed by atoms with E-state index < -0.39 is 42.8 Å². The van der Waals surface area contributed by atoms with E-state index >= 15 is 0 Å². The number of amides is 2. The highest BCUT2D eigenvalue weighted by atomic mass is 19.4. The second-order valence-corrected chi connectivity index (χ2v) is 4.57. The lowest BCUT2D eigenvalue weighted by molar-refractivity contribution is -0.142. The van der Waals surface area contributed by atoms with Crippen LogP contribution in [0.15, 0.2) is 0 Å². The number of aliphatic carboxylic acids is 1. The number of likely N-dealkylation sites (tertiary alicyclic amines) is 1. The average Bonchev–Trinajstić information content (AvgIpc) is 2.57. The van der Waals surface area contributed by atoms with Gasteiger partial charge in [-0.1, -0.05) is 0 Å². The Kier molecular flexibility index (Phi) is 4.61. The number of halogens is 3. The lowest BCUT2D eigenvalue weighted by Crippen LogP contribution is -2.49. The van der Waals surface area contributed by atoms with E-state index in [0.29, 0.717) is 0 Å². The van der Waals surface area contributed by atoms with Gasteiger partial charge in [-0.15, -0.1) is 0 Å². The summed E-state index contributed by atoms with van der Waals surface area (Å²) >= 11 is 0. The van der Waals surface area contributed by atoms with Gasteiger partial charge in [0.15, 0.2) is 0 Å². The first-order valence-corrected chi connectivity index (χ1v) is 5.65. The van der Waals surface area contributed by atoms with Crippen molar-refractivity contribution in [1.29, 1.82) is 0 Å². The van der Waals surface area contributed by atoms with Gasteiger partial charge in [0, 0.05) is 19.0 Å². The molecular formula is C10H15F3N2O4. The number of hydrogen-bond donors (Lipinski definition) is 3. The third-order valence-electron chi connectivity index (χ3n) is 2.73. The van der Waals surface area contributed by atoms with E-state index in [9.17, 15) is 27.9 Å². The summed E-state index contributed by atoms with van der Waals surface area (Å²) in [5.74, 6) is -1.30. The van der Waals surface area contributed by atoms with Crippen LogP contribution < -0.4 is 5.32 Å². The summed E-state index contributed by atoms with van der Waals surface area (Å²) in [5.41, 5.74) is 0. The fraction of sp³-hybridized carbons (Fsp3) is 0.800. The number of nitrogens with zero attached hydrogens (tertiary/aromatic N) is 1. The van der Waals surface area contributed by atoms with Gasteiger partial charge in [0.2, 0.25) is 0 Å². The molecule has 1 rings (SSSR count). The highest BCUT2D eigenvalue weighted by Gasteiger charge is 2.40. The molecule has 3 atom stereocenters. The highest BCUT2D eigenvalue weighted by Crippen LogP contribution is 2.22. The van der Waals surface area contributed by atoms with Crippen LogP contribution in [0.4, 0.5) is 18.0 Å². The first kappa shape index (κ1) is 15.5. The molecule has 3 N–H and O–H groups in total. The van der Waals surface area contributed by atoms with Crippen LogP contribution >= 0.6 is 0 Å². The van der Waals surface area contributed by atoms with Crippen LogP contribution in [-0.4, -0.2) is 58.0 Å². The molecule has 19 heavy (non-hydrogen) atoms. The number of alkyl halides is 3. The number of hydrogen-bond acceptors (Lipinski definition) is 3. The number of aliphatic hydroxyl groups excluding tert-OH is 1. The smallest absolute Gasteiger partial charge is 0.391 e. The Morgan fingerprint density at radius 2 is 2.05 bits per heavy atom. The van der Waals surface area contributed by atoms with Crippen molar-refractivity contribution >= 4 is 12.0 Å². The molecule has 0 spiro atoms. The molecule has 0 aromatic rings. The number of nitrogens with one attached hydrogen (secondary N) is 1. The number of rotatable bonds is 3. The lowest BCUT2D eigenvalue weighted by Gasteiger charge is -2.24. The molecule has 1 aliphatic rings. The van der Waals surface area contributed by atoms with Crippen molar-refractivity contribution in [3.63, 3.8) is 0 Å². The molecule has 0 aliphatic carbocycles. The van der Waals surface area contributed by atoms with Crippen molar-refractivity contribution in [3.05, 3.63) is 0 Å². The quantitative estimate of drug-likeness (QED) is 0.706. The predicted octanol–water partition coefficient (Wildman–Crippen LogP) is 0.557. The Hall–Kier alpha value is -1.51. The lowest BCUT2D eigenvalue weighted by atomic mass is 10.2. The Labute approximate surface area is 107 Å². The minimum Gasteiger partial charge on any atom is -0.480 e. The molecule has 6 nitrogen and oxygen atoms in total. The molecule has 1 heterocycles. The maximum Gasteiger partial charge on any atom is 0.391 e. The third-order valence-corrected chi connectivity index (χ3v) is 2.73. The van der Waals surface area contributed by atoms with Crippen LogP contribution in [0.3, 0.4) is 0 Å². The predicted molar refractivity (Wildman–Crippen MR) is 57.4 cm³/mol. The number of aliphatic hydroxyl groups is 1. The van der Waals surface area contributed by atoms with Crippen molar-refractivity contribution < 1.29 is 33.0 Å². The minimum atomic E-state index is -4.41. The summed E-state index contributed by atoms with van der Waals surface area (Å²) in [6.45, 7) is 0.967. The van der Waals surface area contributed by atoms with E-state index in [-0.39, 0.29) is 13.0 Å². The second kappa shape index (κ2) is 5.64. The van der Waals surface area contributed by atoms with E-state index in [4.69, 9.17) is 5.11 Å². The largest absolute Gasteiger partial charge is 0.480 e. The van der Waals surface area contributed by atoms with Crippen molar-refractivity contribution in [2.24, 2.45) is 0 Å². The third kappa shape index (κ3) is 4.58. The Morgan fingerprint density at radius 3 is 2.53 bits per heavy atom. The minimum absolute atomic E-state index is 0.129. The highest BCUT2D eigenvalue weighted by molar-refractivity contribution is 5.83. The number of urea groups is 1. The summed E-state index contributed by atoms with van der Waals surface area (Å²) in [6, 6.07) is -3.30. The van der Waals surface area contributed by atoms with Crippen molar-refractivity contribution in [1.82, 2.24) is 10.2 Å². The topological polar surface area (TPSA) is 89.9 Å². The maximum absolute atomic E-state index is 12.1. The van der Waals surface area contributed by atoms with Gasteiger partial charge in [-0.2, -0.15) is 13.2 Å². The van der Waals surface area contributed by atoms with Crippen molar-refractivity contribution in [2.45, 2.75) is 44.1 Å². The van der Waals surface area contributed by atoms with Crippen LogP contribution in [0.2, 0.25) is 0 Å². The Balaban J connectivity index is 2.59. The molecule has 0 aromatic heterocycles. The van der Waals surface area contributed by atoms with Gasteiger partial charge in [0.25, 0.3) is 0 Å². The molecule has 0 bridgehead atoms. The van der Waals surface area contributed by atoms with Crippen molar-refractivity contribution in [2.75, 3.05) is 6.54 Å². The molecule has 1 aliphatic heterocycles. The van der Waals surface area contributed by atoms with E-state index in [1.165, 1.54) is 6.92 Å². The van der Waals surface area contributed by atoms with Gasteiger partial charge < -0.3 is 20.4 Å². The molecule has 1 fully saturated rings. The fourth-order valence-electron chi connectivity index (χ4n) is 1.96. The molecular weight excluding hydrogens is 269 g/mol. The normalized spacial score (nSPS) is 25.2. The first-order chi connectivity index (χ1) is 8.60. The monoisotopic (exact) mass is 284 g/mol. The molecule has 2 amide bonds. The van der Waals surface area contributed by atoms with Gasteiger partial charge in [0.1, 0.15) is 6.04 Å². The number of β-amino-alcohol motifs (C(OH)–C–C–N with tert-alkyl or cyclic N) is 1. The van der Waals surface area contributed by atoms with E-state index in [2.05, 4.69) is 5.32 Å². The molecule has 0 radical (unpaired) electrons. The maximum atomic E-state index is 12.1. The SMILES string of the molecule is CC(CC(F)(F)F)NC(=O)N1C[C@H](O)C[C@H]1C(=O)O. The zero-order valence-corrected chi connectivity index (χ0v) is 10.1. The molecule has 0 saturated carbocycles. The standard InChI is InChI=1S/C10H15F3N2O4/c1-5(3-10(11,12)13)14-9(19)15-4-6(16)2-7(15)8(17)18/h5-7,16H,2-4H2,1H3,(H,14,19)(H,17,18)/t5?,6-,7+/m1/s1. The number of carboxylic acids is 1. The molecule has 0 aromatic carbocycles. The van der Waals surface area contributed by atoms with Crippen LogP contribution in [-0.2, 0) is 4.79 Å². The summed E-state index contributed by atoms with van der Waals surface area (Å²) in [4.78, 5) is 23.4. The van der Waals surface area contributed by atoms with Gasteiger partial charge >= 0.3 is 18.2 Å². The molecule has 9 heteroatoms. The van der Waals surface area contributed by atoms with Crippen LogP contribution in [0, 0.1) is 0 Å². The Bertz CT molecular complexity index is 361. The summed E-state index contributed by atoms with van der Waals surface area (Å²) in [5, 5.41) is 20.3. The molecule has 1 saturated heterocycles. The van der Waals surface area contributed by atoms with Gasteiger partial charge in [-0.25, -0.2) is 9.59 Å². The van der Waals surface area contributed by atoms with Crippen LogP contribution in [0.25, 0.3) is 0 Å². The van der Waals surface area contributed by atoms with E-state index in [1.807, 2.05) is 0 Å². The number of carbonyl (C=O) groups is 2. The fourth-order valence-corrected chi connectivity index (χ4v) is 1.96. The summed E-state index contributed by atoms with van der Waals surface area (Å²) < 4.78 is 36.3. The average molecular weight is 284 g/mol. The van der Waals surface area contributed by atoms with Crippen molar-refractivity contribution in [3.8, 4) is 0 Å². The van der Waals surface area contributed by atoms with Gasteiger partial charge in [-0.3, -0.25) is 0 Å². The van der Waals surface area contributed by atoms with Crippen LogP contribution in [0.5, 0.6) is 0 Å². The van der Waals surface area contributed by atoms with Gasteiger partial charge in [-0.05, 0) is 6.92 Å². The summed E-state index contributed by atoms with van der Waals surface area (Å²) in [6.07, 6.45) is -6.73. The molecule has 1 unspecified atom stereocenters. The van der Waals surface area contributed by atoms with E-state index in [1.54, 1.807) is 0 Å². The zero-order valence-electron chi connectivity index (χ0n) is 10.1.